The van der Waals surface area contributed by atoms with Crippen LogP contribution in [0.5, 0.6) is 0 Å². The Hall–Kier alpha value is -4.48. The smallest absolute Gasteiger partial charge is 0.287 e. The Morgan fingerprint density at radius 1 is 1.02 bits per heavy atom. The van der Waals surface area contributed by atoms with Gasteiger partial charge in [-0.25, -0.2) is 5.01 Å². The molecule has 5 aromatic rings. The summed E-state index contributed by atoms with van der Waals surface area (Å²) in [6.07, 6.45) is 2.11. The third kappa shape index (κ3) is 6.22. The van der Waals surface area contributed by atoms with Crippen molar-refractivity contribution in [1.29, 1.82) is 0 Å². The highest BCUT2D eigenvalue weighted by molar-refractivity contribution is 7.99. The first-order chi connectivity index (χ1) is 20.5. The molecule has 42 heavy (non-hydrogen) atoms. The van der Waals surface area contributed by atoms with Crippen molar-refractivity contribution in [2.75, 3.05) is 5.75 Å². The number of hydrogen-bond acceptors (Lipinski definition) is 8. The fourth-order valence-corrected chi connectivity index (χ4v) is 6.24. The number of aryl methyl sites for hydroxylation is 1. The van der Waals surface area contributed by atoms with Crippen LogP contribution in [0.1, 0.15) is 50.4 Å². The molecule has 6 rings (SSSR count). The van der Waals surface area contributed by atoms with Gasteiger partial charge in [0.25, 0.3) is 11.8 Å². The summed E-state index contributed by atoms with van der Waals surface area (Å²) in [6, 6.07) is 25.3. The first kappa shape index (κ1) is 27.7. The zero-order chi connectivity index (χ0) is 28.9. The summed E-state index contributed by atoms with van der Waals surface area (Å²) in [5, 5.41) is 20.6. The van der Waals surface area contributed by atoms with Crippen LogP contribution >= 0.6 is 23.1 Å². The second-order valence-corrected chi connectivity index (χ2v) is 11.7. The van der Waals surface area contributed by atoms with Gasteiger partial charge in [-0.1, -0.05) is 78.0 Å². The van der Waals surface area contributed by atoms with E-state index in [4.69, 9.17) is 9.52 Å². The number of thiophene rings is 1. The Morgan fingerprint density at radius 3 is 2.60 bits per heavy atom. The van der Waals surface area contributed by atoms with Crippen LogP contribution in [0.25, 0.3) is 0 Å². The Bertz CT molecular complexity index is 1680. The minimum absolute atomic E-state index is 0.112. The molecule has 11 heteroatoms. The van der Waals surface area contributed by atoms with Crippen molar-refractivity contribution < 1.29 is 14.0 Å². The van der Waals surface area contributed by atoms with E-state index in [-0.39, 0.29) is 35.9 Å². The lowest BCUT2D eigenvalue weighted by atomic mass is 10.00. The lowest BCUT2D eigenvalue weighted by Gasteiger charge is -2.22. The summed E-state index contributed by atoms with van der Waals surface area (Å²) in [7, 11) is 0. The highest BCUT2D eigenvalue weighted by Crippen LogP contribution is 2.35. The predicted molar refractivity (Wildman–Crippen MR) is 162 cm³/mol. The van der Waals surface area contributed by atoms with Gasteiger partial charge in [-0.15, -0.1) is 21.5 Å². The number of hydrazone groups is 1. The van der Waals surface area contributed by atoms with Crippen molar-refractivity contribution >= 4 is 40.6 Å². The van der Waals surface area contributed by atoms with Crippen molar-refractivity contribution in [3.8, 4) is 0 Å². The molecule has 1 aliphatic rings. The molecule has 1 aliphatic heterocycles. The number of benzene rings is 2. The predicted octanol–water partition coefficient (Wildman–Crippen LogP) is 5.69. The van der Waals surface area contributed by atoms with Crippen LogP contribution < -0.4 is 5.32 Å². The van der Waals surface area contributed by atoms with Gasteiger partial charge < -0.3 is 14.3 Å². The summed E-state index contributed by atoms with van der Waals surface area (Å²) >= 11 is 2.94. The number of nitrogens with one attached hydrogen (secondary N) is 1. The molecule has 4 heterocycles. The minimum Gasteiger partial charge on any atom is -0.459 e. The van der Waals surface area contributed by atoms with Crippen molar-refractivity contribution in [2.45, 2.75) is 37.6 Å². The Balaban J connectivity index is 1.21. The number of thioether (sulfide) groups is 1. The standard InChI is InChI=1S/C31H28N6O3S2/c1-21-11-13-23(14-12-21)25-17-24(27-10-6-16-41-27)35-37(25)29(38)20-42-31-34-33-28(18-32-30(39)26-9-5-15-40-26)36(31)19-22-7-3-2-4-8-22/h2-16,25H,17-20H2,1H3,(H,32,39)/t25-/m1/s1. The average molecular weight is 597 g/mol. The number of carbonyl (C=O) groups is 2. The van der Waals surface area contributed by atoms with Gasteiger partial charge in [-0.05, 0) is 41.6 Å². The van der Waals surface area contributed by atoms with Crippen molar-refractivity contribution in [3.63, 3.8) is 0 Å². The van der Waals surface area contributed by atoms with E-state index in [1.165, 1.54) is 23.6 Å². The zero-order valence-corrected chi connectivity index (χ0v) is 24.5. The molecule has 212 valence electrons. The molecular formula is C31H28N6O3S2. The molecule has 0 aliphatic carbocycles. The van der Waals surface area contributed by atoms with Crippen LogP contribution in [0.3, 0.4) is 0 Å². The quantitative estimate of drug-likeness (QED) is 0.208. The molecule has 0 spiro atoms. The number of hydrogen-bond donors (Lipinski definition) is 1. The monoisotopic (exact) mass is 596 g/mol. The van der Waals surface area contributed by atoms with Gasteiger partial charge in [-0.2, -0.15) is 5.10 Å². The molecule has 0 saturated heterocycles. The largest absolute Gasteiger partial charge is 0.459 e. The van der Waals surface area contributed by atoms with Crippen LogP contribution in [0.4, 0.5) is 0 Å². The molecule has 9 nitrogen and oxygen atoms in total. The maximum atomic E-state index is 13.7. The summed E-state index contributed by atoms with van der Waals surface area (Å²) in [4.78, 5) is 27.2. The molecule has 0 saturated carbocycles. The van der Waals surface area contributed by atoms with E-state index in [1.54, 1.807) is 28.5 Å². The molecule has 0 fully saturated rings. The van der Waals surface area contributed by atoms with Crippen LogP contribution in [0.15, 0.2) is 105 Å². The van der Waals surface area contributed by atoms with E-state index in [0.29, 0.717) is 23.9 Å². The van der Waals surface area contributed by atoms with Gasteiger partial charge >= 0.3 is 0 Å². The average Bonchev–Trinajstić information content (AvgIpc) is 3.83. The molecule has 1 atom stereocenters. The Morgan fingerprint density at radius 2 is 1.86 bits per heavy atom. The second-order valence-electron chi connectivity index (χ2n) is 9.81. The minimum atomic E-state index is -0.339. The van der Waals surface area contributed by atoms with Crippen molar-refractivity contribution in [1.82, 2.24) is 25.1 Å². The van der Waals surface area contributed by atoms with Crippen LogP contribution in [-0.2, 0) is 17.9 Å². The van der Waals surface area contributed by atoms with Crippen molar-refractivity contribution in [2.24, 2.45) is 5.10 Å². The fourth-order valence-electron chi connectivity index (χ4n) is 4.71. The number of nitrogens with zero attached hydrogens (tertiary/aromatic N) is 5. The highest BCUT2D eigenvalue weighted by Gasteiger charge is 2.33. The number of amides is 2. The van der Waals surface area contributed by atoms with Gasteiger partial charge in [0.05, 0.1) is 41.7 Å². The normalized spacial score (nSPS) is 14.6. The van der Waals surface area contributed by atoms with Crippen LogP contribution in [-0.4, -0.2) is 43.1 Å². The van der Waals surface area contributed by atoms with E-state index < -0.39 is 0 Å². The maximum Gasteiger partial charge on any atom is 0.287 e. The first-order valence-electron chi connectivity index (χ1n) is 13.5. The lowest BCUT2D eigenvalue weighted by Crippen LogP contribution is -2.28. The topological polar surface area (TPSA) is 106 Å². The molecule has 0 radical (unpaired) electrons. The van der Waals surface area contributed by atoms with Gasteiger partial charge in [0.15, 0.2) is 16.7 Å². The molecular weight excluding hydrogens is 569 g/mol. The third-order valence-corrected chi connectivity index (χ3v) is 8.76. The molecule has 1 N–H and O–H groups in total. The number of aromatic nitrogens is 3. The first-order valence-corrected chi connectivity index (χ1v) is 15.3. The second kappa shape index (κ2) is 12.6. The molecule has 0 unspecified atom stereocenters. The summed E-state index contributed by atoms with van der Waals surface area (Å²) in [6.45, 7) is 2.70. The number of carbonyl (C=O) groups excluding carboxylic acids is 2. The summed E-state index contributed by atoms with van der Waals surface area (Å²) < 4.78 is 7.12. The van der Waals surface area contributed by atoms with Gasteiger partial charge in [0.2, 0.25) is 0 Å². The Kier molecular flexibility index (Phi) is 8.29. The Labute approximate surface area is 251 Å². The van der Waals surface area contributed by atoms with Crippen LogP contribution in [0.2, 0.25) is 0 Å². The summed E-state index contributed by atoms with van der Waals surface area (Å²) in [5.74, 6) is 0.481. The highest BCUT2D eigenvalue weighted by atomic mass is 32.2. The van der Waals surface area contributed by atoms with Crippen LogP contribution in [0, 0.1) is 6.92 Å². The van der Waals surface area contributed by atoms with Gasteiger partial charge in [0, 0.05) is 6.42 Å². The van der Waals surface area contributed by atoms with E-state index in [0.717, 1.165) is 21.7 Å². The zero-order valence-electron chi connectivity index (χ0n) is 22.8. The third-order valence-electron chi connectivity index (χ3n) is 6.89. The molecule has 0 bridgehead atoms. The van der Waals surface area contributed by atoms with E-state index in [2.05, 4.69) is 39.8 Å². The fraction of sp³-hybridized carbons (Fsp3) is 0.194. The van der Waals surface area contributed by atoms with Gasteiger partial charge in [0.1, 0.15) is 0 Å². The lowest BCUT2D eigenvalue weighted by molar-refractivity contribution is -0.130. The van der Waals surface area contributed by atoms with Crippen molar-refractivity contribution in [3.05, 3.63) is 124 Å². The van der Waals surface area contributed by atoms with E-state index in [9.17, 15) is 9.59 Å². The molecule has 2 amide bonds. The van der Waals surface area contributed by atoms with Gasteiger partial charge in [-0.3, -0.25) is 9.59 Å². The van der Waals surface area contributed by atoms with E-state index >= 15 is 0 Å². The summed E-state index contributed by atoms with van der Waals surface area (Å²) in [5.41, 5.74) is 4.18. The molecule has 3 aromatic heterocycles. The number of furan rings is 1. The maximum absolute atomic E-state index is 13.7. The SMILES string of the molecule is Cc1ccc([C@H]2CC(c3cccs3)=NN2C(=O)CSc2nnc(CNC(=O)c3ccco3)n2Cc2ccccc2)cc1. The van der Waals surface area contributed by atoms with E-state index in [1.807, 2.05) is 59.3 Å². The molecule has 2 aromatic carbocycles. The number of rotatable bonds is 10.